The van der Waals surface area contributed by atoms with Crippen LogP contribution in [0.5, 0.6) is 0 Å². The van der Waals surface area contributed by atoms with Crippen molar-refractivity contribution in [3.05, 3.63) is 22.8 Å². The summed E-state index contributed by atoms with van der Waals surface area (Å²) in [4.78, 5) is 4.34. The van der Waals surface area contributed by atoms with Crippen LogP contribution in [0.15, 0.2) is 22.8 Å². The molecule has 0 amide bonds. The molecule has 2 aromatic heterocycles. The maximum Gasteiger partial charge on any atom is 0.243 e. The molecule has 1 unspecified atom stereocenters. The molecule has 16 heavy (non-hydrogen) atoms. The fourth-order valence-corrected chi connectivity index (χ4v) is 1.76. The number of hydrogen-bond acceptors (Lipinski definition) is 4. The average molecular weight is 285 g/mol. The lowest BCUT2D eigenvalue weighted by Gasteiger charge is -2.09. The van der Waals surface area contributed by atoms with Crippen LogP contribution in [0.3, 0.4) is 0 Å². The first-order valence-electron chi connectivity index (χ1n) is 4.96. The minimum Gasteiger partial charge on any atom is -0.383 e. The molecule has 0 saturated heterocycles. The summed E-state index contributed by atoms with van der Waals surface area (Å²) in [6.07, 6.45) is 1.87. The molecule has 0 fully saturated rings. The van der Waals surface area contributed by atoms with Gasteiger partial charge in [0.25, 0.3) is 0 Å². The minimum absolute atomic E-state index is 0.186. The maximum atomic E-state index is 5.04. The van der Waals surface area contributed by atoms with Crippen molar-refractivity contribution >= 4 is 27.5 Å². The van der Waals surface area contributed by atoms with Gasteiger partial charge in [0.05, 0.1) is 6.61 Å². The molecule has 2 rings (SSSR count). The fraction of sp³-hybridized carbons (Fsp3) is 0.400. The number of nitrogens with one attached hydrogen (secondary N) is 1. The highest BCUT2D eigenvalue weighted by molar-refractivity contribution is 9.10. The van der Waals surface area contributed by atoms with Gasteiger partial charge in [0.15, 0.2) is 5.65 Å². The normalized spacial score (nSPS) is 12.9. The van der Waals surface area contributed by atoms with Crippen LogP contribution in [0, 0.1) is 0 Å². The monoisotopic (exact) mass is 284 g/mol. The molecule has 2 heterocycles. The third-order valence-electron chi connectivity index (χ3n) is 2.09. The first kappa shape index (κ1) is 11.3. The fourth-order valence-electron chi connectivity index (χ4n) is 1.43. The van der Waals surface area contributed by atoms with Crippen molar-refractivity contribution in [2.75, 3.05) is 19.0 Å². The second kappa shape index (κ2) is 4.80. The largest absolute Gasteiger partial charge is 0.383 e. The number of ether oxygens (including phenoxy) is 1. The standard InChI is InChI=1S/C10H13BrN4O/c1-7(6-16-2)12-10-13-9-4-3-8(11)5-15(9)14-10/h3-5,7H,6H2,1-2H3,(H,12,14). The van der Waals surface area contributed by atoms with E-state index in [0.717, 1.165) is 10.1 Å². The first-order valence-corrected chi connectivity index (χ1v) is 5.76. The van der Waals surface area contributed by atoms with Gasteiger partial charge in [-0.3, -0.25) is 0 Å². The molecule has 5 nitrogen and oxygen atoms in total. The van der Waals surface area contributed by atoms with Crippen LogP contribution in [-0.4, -0.2) is 34.4 Å². The van der Waals surface area contributed by atoms with Crippen LogP contribution in [0.1, 0.15) is 6.92 Å². The van der Waals surface area contributed by atoms with E-state index in [1.54, 1.807) is 11.6 Å². The topological polar surface area (TPSA) is 51.5 Å². The lowest BCUT2D eigenvalue weighted by atomic mass is 10.4. The summed E-state index contributed by atoms with van der Waals surface area (Å²) in [7, 11) is 1.67. The Morgan fingerprint density at radius 3 is 3.12 bits per heavy atom. The highest BCUT2D eigenvalue weighted by atomic mass is 79.9. The predicted molar refractivity (Wildman–Crippen MR) is 65.6 cm³/mol. The predicted octanol–water partition coefficient (Wildman–Crippen LogP) is 1.94. The number of fused-ring (bicyclic) bond motifs is 1. The Morgan fingerprint density at radius 1 is 1.56 bits per heavy atom. The van der Waals surface area contributed by atoms with E-state index >= 15 is 0 Å². The molecule has 0 aliphatic carbocycles. The molecule has 6 heteroatoms. The molecule has 0 bridgehead atoms. The van der Waals surface area contributed by atoms with E-state index in [9.17, 15) is 0 Å². The van der Waals surface area contributed by atoms with E-state index in [1.807, 2.05) is 25.3 Å². The molecule has 86 valence electrons. The Balaban J connectivity index is 2.19. The molecule has 0 saturated carbocycles. The molecule has 1 N–H and O–H groups in total. The molecule has 0 aliphatic rings. The van der Waals surface area contributed by atoms with Crippen LogP contribution in [0.2, 0.25) is 0 Å². The highest BCUT2D eigenvalue weighted by Crippen LogP contribution is 2.12. The van der Waals surface area contributed by atoms with Crippen LogP contribution >= 0.6 is 15.9 Å². The summed E-state index contributed by atoms with van der Waals surface area (Å²) in [6.45, 7) is 2.64. The zero-order valence-electron chi connectivity index (χ0n) is 9.14. The van der Waals surface area contributed by atoms with Crippen LogP contribution in [0.4, 0.5) is 5.95 Å². The maximum absolute atomic E-state index is 5.04. The highest BCUT2D eigenvalue weighted by Gasteiger charge is 2.06. The molecular weight excluding hydrogens is 272 g/mol. The summed E-state index contributed by atoms with van der Waals surface area (Å²) in [6, 6.07) is 4.03. The van der Waals surface area contributed by atoms with E-state index < -0.39 is 0 Å². The smallest absolute Gasteiger partial charge is 0.243 e. The Hall–Kier alpha value is -1.14. The Kier molecular flexibility index (Phi) is 3.40. The molecule has 0 radical (unpaired) electrons. The average Bonchev–Trinajstić information content (AvgIpc) is 2.59. The number of methoxy groups -OCH3 is 1. The van der Waals surface area contributed by atoms with Crippen molar-refractivity contribution in [1.29, 1.82) is 0 Å². The van der Waals surface area contributed by atoms with Gasteiger partial charge in [0, 0.05) is 23.8 Å². The van der Waals surface area contributed by atoms with Crippen LogP contribution in [0.25, 0.3) is 5.65 Å². The molecule has 0 aliphatic heterocycles. The molecule has 0 aromatic carbocycles. The zero-order valence-corrected chi connectivity index (χ0v) is 10.7. The van der Waals surface area contributed by atoms with Crippen molar-refractivity contribution in [1.82, 2.24) is 14.6 Å². The summed E-state index contributed by atoms with van der Waals surface area (Å²) < 4.78 is 7.74. The van der Waals surface area contributed by atoms with Gasteiger partial charge in [-0.1, -0.05) is 0 Å². The van der Waals surface area contributed by atoms with Gasteiger partial charge in [0.1, 0.15) is 0 Å². The Labute approximate surface area is 102 Å². The van der Waals surface area contributed by atoms with Gasteiger partial charge in [-0.15, -0.1) is 5.10 Å². The van der Waals surface area contributed by atoms with Crippen molar-refractivity contribution in [3.8, 4) is 0 Å². The minimum atomic E-state index is 0.186. The number of anilines is 1. The van der Waals surface area contributed by atoms with Gasteiger partial charge >= 0.3 is 0 Å². The molecule has 0 spiro atoms. The van der Waals surface area contributed by atoms with E-state index in [2.05, 4.69) is 31.3 Å². The number of aromatic nitrogens is 3. The lowest BCUT2D eigenvalue weighted by molar-refractivity contribution is 0.190. The lowest BCUT2D eigenvalue weighted by Crippen LogP contribution is -2.21. The summed E-state index contributed by atoms with van der Waals surface area (Å²) in [5.41, 5.74) is 0.815. The number of halogens is 1. The summed E-state index contributed by atoms with van der Waals surface area (Å²) >= 11 is 3.39. The quantitative estimate of drug-likeness (QED) is 0.932. The molecule has 1 atom stereocenters. The van der Waals surface area contributed by atoms with Crippen molar-refractivity contribution in [3.63, 3.8) is 0 Å². The Morgan fingerprint density at radius 2 is 2.38 bits per heavy atom. The second-order valence-corrected chi connectivity index (χ2v) is 4.50. The van der Waals surface area contributed by atoms with Gasteiger partial charge in [-0.2, -0.15) is 4.98 Å². The third kappa shape index (κ3) is 2.51. The molecule has 2 aromatic rings. The van der Waals surface area contributed by atoms with E-state index in [-0.39, 0.29) is 6.04 Å². The number of hydrogen-bond donors (Lipinski definition) is 1. The zero-order chi connectivity index (χ0) is 11.5. The summed E-state index contributed by atoms with van der Waals surface area (Å²) in [5.74, 6) is 0.614. The van der Waals surface area contributed by atoms with Gasteiger partial charge in [-0.25, -0.2) is 4.52 Å². The Bertz CT molecular complexity index is 485. The number of rotatable bonds is 4. The van der Waals surface area contributed by atoms with Gasteiger partial charge in [0.2, 0.25) is 5.95 Å². The van der Waals surface area contributed by atoms with E-state index in [1.165, 1.54) is 0 Å². The number of nitrogens with zero attached hydrogens (tertiary/aromatic N) is 3. The SMILES string of the molecule is COCC(C)Nc1nc2ccc(Br)cn2n1. The molecular formula is C10H13BrN4O. The van der Waals surface area contributed by atoms with Crippen molar-refractivity contribution in [2.24, 2.45) is 0 Å². The van der Waals surface area contributed by atoms with E-state index in [0.29, 0.717) is 12.6 Å². The third-order valence-corrected chi connectivity index (χ3v) is 2.56. The number of pyridine rings is 1. The van der Waals surface area contributed by atoms with E-state index in [4.69, 9.17) is 4.74 Å². The van der Waals surface area contributed by atoms with Gasteiger partial charge < -0.3 is 10.1 Å². The summed E-state index contributed by atoms with van der Waals surface area (Å²) in [5, 5.41) is 7.47. The van der Waals surface area contributed by atoms with Gasteiger partial charge in [-0.05, 0) is 35.0 Å². The van der Waals surface area contributed by atoms with Crippen LogP contribution in [-0.2, 0) is 4.74 Å². The van der Waals surface area contributed by atoms with Crippen LogP contribution < -0.4 is 5.32 Å². The van der Waals surface area contributed by atoms with Crippen molar-refractivity contribution in [2.45, 2.75) is 13.0 Å². The second-order valence-electron chi connectivity index (χ2n) is 3.59. The first-order chi connectivity index (χ1) is 7.69. The van der Waals surface area contributed by atoms with Crippen molar-refractivity contribution < 1.29 is 4.74 Å².